The third-order valence-corrected chi connectivity index (χ3v) is 7.71. The second kappa shape index (κ2) is 12.1. The van der Waals surface area contributed by atoms with Gasteiger partial charge in [0.15, 0.2) is 5.17 Å². The van der Waals surface area contributed by atoms with E-state index in [1.807, 2.05) is 51.0 Å². The number of hydrogen-bond acceptors (Lipinski definition) is 6. The van der Waals surface area contributed by atoms with Crippen LogP contribution in [0.4, 0.5) is 39.4 Å². The highest BCUT2D eigenvalue weighted by molar-refractivity contribution is 8.15. The van der Waals surface area contributed by atoms with Gasteiger partial charge in [-0.05, 0) is 47.9 Å². The van der Waals surface area contributed by atoms with E-state index in [0.717, 1.165) is 41.3 Å². The van der Waals surface area contributed by atoms with Crippen molar-refractivity contribution in [2.45, 2.75) is 25.9 Å². The predicted octanol–water partition coefficient (Wildman–Crippen LogP) is 6.95. The maximum atomic E-state index is 15.1. The molecule has 0 aliphatic carbocycles. The number of nitrogens with one attached hydrogen (secondary N) is 1. The Labute approximate surface area is 254 Å². The molecule has 1 aliphatic heterocycles. The molecule has 3 heterocycles. The van der Waals surface area contributed by atoms with E-state index in [0.29, 0.717) is 16.9 Å². The monoisotopic (exact) mass is 625 g/mol. The van der Waals surface area contributed by atoms with Crippen LogP contribution in [0.1, 0.15) is 30.9 Å². The fourth-order valence-electron chi connectivity index (χ4n) is 4.48. The highest BCUT2D eigenvalue weighted by Gasteiger charge is 2.33. The average Bonchev–Trinajstić information content (AvgIpc) is 3.60. The highest BCUT2D eigenvalue weighted by Crippen LogP contribution is 2.36. The van der Waals surface area contributed by atoms with Crippen molar-refractivity contribution in [3.05, 3.63) is 84.2 Å². The van der Waals surface area contributed by atoms with Gasteiger partial charge in [0.1, 0.15) is 18.0 Å². The zero-order chi connectivity index (χ0) is 31.8. The van der Waals surface area contributed by atoms with E-state index < -0.39 is 23.6 Å². The van der Waals surface area contributed by atoms with Crippen LogP contribution < -0.4 is 15.1 Å². The van der Waals surface area contributed by atoms with E-state index in [1.54, 1.807) is 0 Å². The number of thioether (sulfide) groups is 1. The molecule has 0 saturated carbocycles. The summed E-state index contributed by atoms with van der Waals surface area (Å²) in [7, 11) is 3.78. The Bertz CT molecular complexity index is 1750. The number of aliphatic imine (C=N–C) groups is 1. The molecule has 1 saturated heterocycles. The van der Waals surface area contributed by atoms with Crippen molar-refractivity contribution in [1.82, 2.24) is 14.5 Å². The van der Waals surface area contributed by atoms with Gasteiger partial charge in [-0.1, -0.05) is 37.7 Å². The molecule has 3 amide bonds. The fraction of sp³-hybridized carbons (Fsp3) is 0.233. The largest absolute Gasteiger partial charge is 0.417 e. The maximum Gasteiger partial charge on any atom is 0.417 e. The summed E-state index contributed by atoms with van der Waals surface area (Å²) in [5.74, 6) is -0.577. The van der Waals surface area contributed by atoms with Crippen LogP contribution in [0.25, 0.3) is 17.1 Å². The summed E-state index contributed by atoms with van der Waals surface area (Å²) >= 11 is 1.12. The molecule has 1 fully saturated rings. The van der Waals surface area contributed by atoms with Gasteiger partial charge >= 0.3 is 12.2 Å². The van der Waals surface area contributed by atoms with Gasteiger partial charge in [0.2, 0.25) is 5.91 Å². The summed E-state index contributed by atoms with van der Waals surface area (Å²) in [5, 5.41) is 2.61. The number of amides is 3. The van der Waals surface area contributed by atoms with Crippen molar-refractivity contribution in [3.8, 4) is 17.1 Å². The summed E-state index contributed by atoms with van der Waals surface area (Å²) in [6, 6.07) is 11.1. The number of rotatable bonds is 6. The third kappa shape index (κ3) is 6.44. The Kier molecular flexibility index (Phi) is 8.46. The number of halogens is 4. The van der Waals surface area contributed by atoms with E-state index in [4.69, 9.17) is 0 Å². The van der Waals surface area contributed by atoms with E-state index in [9.17, 15) is 22.8 Å². The normalized spacial score (nSPS) is 14.5. The van der Waals surface area contributed by atoms with Crippen molar-refractivity contribution in [1.29, 1.82) is 0 Å². The maximum absolute atomic E-state index is 15.1. The van der Waals surface area contributed by atoms with Crippen molar-refractivity contribution in [2.75, 3.05) is 35.0 Å². The van der Waals surface area contributed by atoms with Crippen LogP contribution in [0.15, 0.2) is 72.2 Å². The molecule has 0 unspecified atom stereocenters. The van der Waals surface area contributed by atoms with E-state index in [1.165, 1.54) is 40.2 Å². The standard InChI is InChI=1S/C30H27F4N7O2S/c1-17(2)21-8-7-20(39(3)4)12-25(21)41-27(42)15-44-29(41)38-28(43)37-23-9-5-18(11-22(23)31)24-14-40(16-36-24)26-10-6-19(13-35-26)30(32,33)34/h5-14,16-17H,15H2,1-4H3,(H,37,43). The van der Waals surface area contributed by atoms with Gasteiger partial charge in [-0.2, -0.15) is 18.2 Å². The summed E-state index contributed by atoms with van der Waals surface area (Å²) in [5.41, 5.74) is 2.11. The quantitative estimate of drug-likeness (QED) is 0.233. The SMILES string of the molecule is CC(C)c1ccc(N(C)C)cc1N1C(=O)CSC1=NC(=O)Nc1ccc(-c2cn(-c3ccc(C(F)(F)F)cn3)cn2)cc1F. The molecule has 2 aromatic heterocycles. The molecule has 14 heteroatoms. The number of nitrogens with zero attached hydrogens (tertiary/aromatic N) is 6. The molecule has 4 aromatic rings. The zero-order valence-electron chi connectivity index (χ0n) is 24.1. The smallest absolute Gasteiger partial charge is 0.378 e. The summed E-state index contributed by atoms with van der Waals surface area (Å²) < 4.78 is 55.0. The Hall–Kier alpha value is -4.72. The summed E-state index contributed by atoms with van der Waals surface area (Å²) in [6.07, 6.45) is -0.943. The molecule has 44 heavy (non-hydrogen) atoms. The number of alkyl halides is 3. The van der Waals surface area contributed by atoms with Crippen molar-refractivity contribution in [2.24, 2.45) is 4.99 Å². The highest BCUT2D eigenvalue weighted by atomic mass is 32.2. The topological polar surface area (TPSA) is 95.7 Å². The second-order valence-corrected chi connectivity index (χ2v) is 11.3. The molecule has 0 spiro atoms. The zero-order valence-corrected chi connectivity index (χ0v) is 24.9. The lowest BCUT2D eigenvalue weighted by atomic mass is 9.99. The number of anilines is 3. The molecule has 0 atom stereocenters. The Morgan fingerprint density at radius 2 is 1.86 bits per heavy atom. The van der Waals surface area contributed by atoms with Crippen molar-refractivity contribution >= 4 is 45.9 Å². The number of aromatic nitrogens is 3. The number of amidine groups is 1. The summed E-state index contributed by atoms with van der Waals surface area (Å²) in [4.78, 5) is 41.2. The van der Waals surface area contributed by atoms with Gasteiger partial charge in [-0.3, -0.25) is 14.3 Å². The predicted molar refractivity (Wildman–Crippen MR) is 163 cm³/mol. The van der Waals surface area contributed by atoms with Gasteiger partial charge in [0.05, 0.1) is 28.4 Å². The lowest BCUT2D eigenvalue weighted by molar-refractivity contribution is -0.137. The van der Waals surface area contributed by atoms with Crippen LogP contribution in [0.5, 0.6) is 0 Å². The van der Waals surface area contributed by atoms with Crippen LogP contribution in [0.3, 0.4) is 0 Å². The first-order chi connectivity index (χ1) is 20.8. The van der Waals surface area contributed by atoms with Crippen LogP contribution in [0.2, 0.25) is 0 Å². The minimum Gasteiger partial charge on any atom is -0.378 e. The number of benzene rings is 2. The number of hydrogen-bond donors (Lipinski definition) is 1. The van der Waals surface area contributed by atoms with Gasteiger partial charge < -0.3 is 10.2 Å². The van der Waals surface area contributed by atoms with E-state index >= 15 is 4.39 Å². The van der Waals surface area contributed by atoms with Gasteiger partial charge in [0, 0.05) is 37.7 Å². The first-order valence-corrected chi connectivity index (χ1v) is 14.3. The van der Waals surface area contributed by atoms with Crippen LogP contribution in [-0.2, 0) is 11.0 Å². The lowest BCUT2D eigenvalue weighted by Gasteiger charge is -2.24. The minimum absolute atomic E-state index is 0.0971. The molecule has 0 radical (unpaired) electrons. The molecule has 5 rings (SSSR count). The average molecular weight is 626 g/mol. The number of imidazole rings is 1. The molecule has 0 bridgehead atoms. The number of pyridine rings is 1. The van der Waals surface area contributed by atoms with Crippen LogP contribution in [-0.4, -0.2) is 51.5 Å². The molecule has 1 aliphatic rings. The van der Waals surface area contributed by atoms with Crippen molar-refractivity contribution < 1.29 is 27.2 Å². The first-order valence-electron chi connectivity index (χ1n) is 13.4. The van der Waals surface area contributed by atoms with Gasteiger partial charge in [0.25, 0.3) is 0 Å². The minimum atomic E-state index is -4.51. The fourth-order valence-corrected chi connectivity index (χ4v) is 5.34. The van der Waals surface area contributed by atoms with E-state index in [2.05, 4.69) is 20.3 Å². The molecular weight excluding hydrogens is 598 g/mol. The number of carbonyl (C=O) groups is 2. The molecule has 2 aromatic carbocycles. The van der Waals surface area contributed by atoms with Crippen molar-refractivity contribution in [3.63, 3.8) is 0 Å². The molecule has 1 N–H and O–H groups in total. The van der Waals surface area contributed by atoms with Crippen LogP contribution >= 0.6 is 11.8 Å². The Balaban J connectivity index is 1.34. The Morgan fingerprint density at radius 1 is 1.09 bits per heavy atom. The summed E-state index contributed by atoms with van der Waals surface area (Å²) in [6.45, 7) is 4.02. The van der Waals surface area contributed by atoms with Crippen LogP contribution in [0, 0.1) is 5.82 Å². The Morgan fingerprint density at radius 3 is 2.50 bits per heavy atom. The second-order valence-electron chi connectivity index (χ2n) is 10.4. The molecular formula is C30H27F4N7O2S. The van der Waals surface area contributed by atoms with Gasteiger partial charge in [-0.25, -0.2) is 19.2 Å². The number of urea groups is 1. The van der Waals surface area contributed by atoms with Gasteiger partial charge in [-0.15, -0.1) is 0 Å². The molecule has 228 valence electrons. The first kappa shape index (κ1) is 30.7. The third-order valence-electron chi connectivity index (χ3n) is 6.78. The lowest BCUT2D eigenvalue weighted by Crippen LogP contribution is -2.31. The molecule has 9 nitrogen and oxygen atoms in total. The van der Waals surface area contributed by atoms with E-state index in [-0.39, 0.29) is 34.3 Å². The number of carbonyl (C=O) groups excluding carboxylic acids is 2.